The standard InChI is InChI=1S/C14H12Br2N2O2/c1-8-11(16)4-6-13(17-8)18-14(19)10-7-9(15)3-5-12(10)20-2/h3-7H,1-2H3,(H,17,18,19). The molecule has 4 nitrogen and oxygen atoms in total. The third kappa shape index (κ3) is 3.37. The average molecular weight is 400 g/mol. The van der Waals surface area contributed by atoms with Crippen molar-refractivity contribution in [3.63, 3.8) is 0 Å². The molecule has 0 aliphatic heterocycles. The van der Waals surface area contributed by atoms with Crippen molar-refractivity contribution >= 4 is 43.6 Å². The van der Waals surface area contributed by atoms with Crippen molar-refractivity contribution in [3.8, 4) is 5.75 Å². The smallest absolute Gasteiger partial charge is 0.260 e. The van der Waals surface area contributed by atoms with Crippen LogP contribution in [-0.2, 0) is 0 Å². The number of carbonyl (C=O) groups is 1. The van der Waals surface area contributed by atoms with Crippen molar-refractivity contribution in [3.05, 3.63) is 50.5 Å². The summed E-state index contributed by atoms with van der Waals surface area (Å²) in [5, 5.41) is 2.76. The lowest BCUT2D eigenvalue weighted by Crippen LogP contribution is -2.14. The minimum absolute atomic E-state index is 0.266. The minimum atomic E-state index is -0.266. The van der Waals surface area contributed by atoms with Gasteiger partial charge in [0.25, 0.3) is 5.91 Å². The third-order valence-corrected chi connectivity index (χ3v) is 4.00. The normalized spacial score (nSPS) is 10.2. The molecule has 1 N–H and O–H groups in total. The van der Waals surface area contributed by atoms with E-state index < -0.39 is 0 Å². The Hall–Kier alpha value is -1.40. The van der Waals surface area contributed by atoms with Crippen LogP contribution in [0, 0.1) is 6.92 Å². The van der Waals surface area contributed by atoms with Crippen molar-refractivity contribution in [2.24, 2.45) is 0 Å². The van der Waals surface area contributed by atoms with Crippen LogP contribution in [0.3, 0.4) is 0 Å². The van der Waals surface area contributed by atoms with Crippen molar-refractivity contribution < 1.29 is 9.53 Å². The van der Waals surface area contributed by atoms with E-state index in [4.69, 9.17) is 4.74 Å². The average Bonchev–Trinajstić information content (AvgIpc) is 2.43. The molecule has 104 valence electrons. The summed E-state index contributed by atoms with van der Waals surface area (Å²) >= 11 is 6.71. The molecule has 0 saturated heterocycles. The Morgan fingerprint density at radius 2 is 2.00 bits per heavy atom. The maximum absolute atomic E-state index is 12.3. The molecule has 1 heterocycles. The second-order valence-electron chi connectivity index (χ2n) is 4.06. The molecule has 0 spiro atoms. The number of pyridine rings is 1. The largest absolute Gasteiger partial charge is 0.496 e. The molecule has 0 atom stereocenters. The van der Waals surface area contributed by atoms with Gasteiger partial charge in [0.05, 0.1) is 18.4 Å². The van der Waals surface area contributed by atoms with Crippen LogP contribution in [0.15, 0.2) is 39.3 Å². The van der Waals surface area contributed by atoms with E-state index in [0.29, 0.717) is 17.1 Å². The maximum atomic E-state index is 12.3. The van der Waals surface area contributed by atoms with Crippen molar-refractivity contribution in [1.29, 1.82) is 0 Å². The van der Waals surface area contributed by atoms with Crippen LogP contribution >= 0.6 is 31.9 Å². The maximum Gasteiger partial charge on any atom is 0.260 e. The van der Waals surface area contributed by atoms with Crippen LogP contribution in [0.25, 0.3) is 0 Å². The second-order valence-corrected chi connectivity index (χ2v) is 5.83. The van der Waals surface area contributed by atoms with Crippen LogP contribution < -0.4 is 10.1 Å². The summed E-state index contributed by atoms with van der Waals surface area (Å²) in [5.74, 6) is 0.745. The number of benzene rings is 1. The number of carbonyl (C=O) groups excluding carboxylic acids is 1. The van der Waals surface area contributed by atoms with E-state index in [9.17, 15) is 4.79 Å². The molecule has 0 bridgehead atoms. The summed E-state index contributed by atoms with van der Waals surface area (Å²) in [4.78, 5) is 16.6. The highest BCUT2D eigenvalue weighted by Crippen LogP contribution is 2.24. The summed E-state index contributed by atoms with van der Waals surface area (Å²) in [5.41, 5.74) is 1.26. The SMILES string of the molecule is COc1ccc(Br)cc1C(=O)Nc1ccc(Br)c(C)n1. The van der Waals surface area contributed by atoms with E-state index in [0.717, 1.165) is 14.6 Å². The van der Waals surface area contributed by atoms with Crippen LogP contribution in [-0.4, -0.2) is 18.0 Å². The van der Waals surface area contributed by atoms with E-state index in [2.05, 4.69) is 42.2 Å². The number of amides is 1. The predicted octanol–water partition coefficient (Wildman–Crippen LogP) is 4.18. The topological polar surface area (TPSA) is 51.2 Å². The molecule has 0 unspecified atom stereocenters. The zero-order valence-electron chi connectivity index (χ0n) is 10.9. The Balaban J connectivity index is 2.27. The van der Waals surface area contributed by atoms with Gasteiger partial charge in [-0.3, -0.25) is 4.79 Å². The van der Waals surface area contributed by atoms with Crippen molar-refractivity contribution in [2.45, 2.75) is 6.92 Å². The lowest BCUT2D eigenvalue weighted by atomic mass is 10.2. The Morgan fingerprint density at radius 1 is 1.25 bits per heavy atom. The molecule has 0 radical (unpaired) electrons. The van der Waals surface area contributed by atoms with E-state index in [1.165, 1.54) is 7.11 Å². The molecule has 20 heavy (non-hydrogen) atoms. The number of nitrogens with zero attached hydrogens (tertiary/aromatic N) is 1. The first kappa shape index (κ1) is 15.0. The molecule has 1 aromatic heterocycles. The van der Waals surface area contributed by atoms with Crippen LogP contribution in [0.2, 0.25) is 0 Å². The zero-order chi connectivity index (χ0) is 14.7. The number of rotatable bonds is 3. The highest BCUT2D eigenvalue weighted by atomic mass is 79.9. The highest BCUT2D eigenvalue weighted by Gasteiger charge is 2.13. The number of methoxy groups -OCH3 is 1. The fourth-order valence-corrected chi connectivity index (χ4v) is 2.24. The van der Waals surface area contributed by atoms with Crippen molar-refractivity contribution in [1.82, 2.24) is 4.98 Å². The molecule has 6 heteroatoms. The van der Waals surface area contributed by atoms with Gasteiger partial charge in [0.2, 0.25) is 0 Å². The minimum Gasteiger partial charge on any atom is -0.496 e. The molecular weight excluding hydrogens is 388 g/mol. The number of anilines is 1. The molecule has 2 rings (SSSR count). The van der Waals surface area contributed by atoms with Gasteiger partial charge in [-0.05, 0) is 53.2 Å². The number of nitrogens with one attached hydrogen (secondary N) is 1. The van der Waals surface area contributed by atoms with Gasteiger partial charge in [0, 0.05) is 8.95 Å². The lowest BCUT2D eigenvalue weighted by molar-refractivity contribution is 0.102. The number of ether oxygens (including phenoxy) is 1. The summed E-state index contributed by atoms with van der Waals surface area (Å²) in [6, 6.07) is 8.84. The molecule has 0 aliphatic carbocycles. The first-order valence-electron chi connectivity index (χ1n) is 5.79. The van der Waals surface area contributed by atoms with Gasteiger partial charge >= 0.3 is 0 Å². The summed E-state index contributed by atoms with van der Waals surface area (Å²) in [6.07, 6.45) is 0. The Labute approximate surface area is 133 Å². The summed E-state index contributed by atoms with van der Waals surface area (Å²) < 4.78 is 6.90. The van der Waals surface area contributed by atoms with Gasteiger partial charge in [-0.15, -0.1) is 0 Å². The van der Waals surface area contributed by atoms with E-state index in [1.54, 1.807) is 18.2 Å². The quantitative estimate of drug-likeness (QED) is 0.842. The van der Waals surface area contributed by atoms with Gasteiger partial charge in [-0.25, -0.2) is 4.98 Å². The summed E-state index contributed by atoms with van der Waals surface area (Å²) in [7, 11) is 1.53. The number of aromatic nitrogens is 1. The molecular formula is C14H12Br2N2O2. The monoisotopic (exact) mass is 398 g/mol. The van der Waals surface area contributed by atoms with Crippen LogP contribution in [0.5, 0.6) is 5.75 Å². The second kappa shape index (κ2) is 6.37. The summed E-state index contributed by atoms with van der Waals surface area (Å²) in [6.45, 7) is 1.86. The Morgan fingerprint density at radius 3 is 2.65 bits per heavy atom. The lowest BCUT2D eigenvalue weighted by Gasteiger charge is -2.10. The number of hydrogen-bond donors (Lipinski definition) is 1. The Bertz CT molecular complexity index is 660. The predicted molar refractivity (Wildman–Crippen MR) is 85.3 cm³/mol. The van der Waals surface area contributed by atoms with Gasteiger partial charge < -0.3 is 10.1 Å². The highest BCUT2D eigenvalue weighted by molar-refractivity contribution is 9.10. The van der Waals surface area contributed by atoms with Gasteiger partial charge in [0.15, 0.2) is 0 Å². The van der Waals surface area contributed by atoms with Crippen molar-refractivity contribution in [2.75, 3.05) is 12.4 Å². The number of halogens is 2. The Kier molecular flexibility index (Phi) is 4.77. The van der Waals surface area contributed by atoms with E-state index >= 15 is 0 Å². The zero-order valence-corrected chi connectivity index (χ0v) is 14.1. The molecule has 0 saturated carbocycles. The molecule has 0 fully saturated rings. The van der Waals surface area contributed by atoms with E-state index in [1.807, 2.05) is 19.1 Å². The molecule has 1 amide bonds. The third-order valence-electron chi connectivity index (χ3n) is 2.67. The first-order valence-corrected chi connectivity index (χ1v) is 7.38. The molecule has 1 aromatic carbocycles. The van der Waals surface area contributed by atoms with Gasteiger partial charge in [-0.2, -0.15) is 0 Å². The first-order chi connectivity index (χ1) is 9.51. The van der Waals surface area contributed by atoms with E-state index in [-0.39, 0.29) is 5.91 Å². The number of hydrogen-bond acceptors (Lipinski definition) is 3. The van der Waals surface area contributed by atoms with Gasteiger partial charge in [0.1, 0.15) is 11.6 Å². The molecule has 2 aromatic rings. The number of aryl methyl sites for hydroxylation is 1. The fourth-order valence-electron chi connectivity index (χ4n) is 1.65. The van der Waals surface area contributed by atoms with Crippen LogP contribution in [0.1, 0.15) is 16.1 Å². The van der Waals surface area contributed by atoms with Gasteiger partial charge in [-0.1, -0.05) is 15.9 Å². The van der Waals surface area contributed by atoms with Crippen LogP contribution in [0.4, 0.5) is 5.82 Å². The molecule has 0 aliphatic rings. The fraction of sp³-hybridized carbons (Fsp3) is 0.143.